The summed E-state index contributed by atoms with van der Waals surface area (Å²) in [4.78, 5) is 14.0. The summed E-state index contributed by atoms with van der Waals surface area (Å²) >= 11 is 0. The molecule has 2 aromatic carbocycles. The molecule has 3 rings (SSSR count). The van der Waals surface area contributed by atoms with Crippen LogP contribution in [0.3, 0.4) is 0 Å². The van der Waals surface area contributed by atoms with Gasteiger partial charge in [0.15, 0.2) is 6.54 Å². The molecule has 0 bridgehead atoms. The smallest absolute Gasteiger partial charge is 0.275 e. The lowest BCUT2D eigenvalue weighted by Gasteiger charge is -2.25. The average Bonchev–Trinajstić information content (AvgIpc) is 2.68. The summed E-state index contributed by atoms with van der Waals surface area (Å²) in [6.07, 6.45) is 3.75. The topological polar surface area (TPSA) is 42.8 Å². The number of hydrogen-bond acceptors (Lipinski definition) is 2. The zero-order valence-corrected chi connectivity index (χ0v) is 14.8. The van der Waals surface area contributed by atoms with Gasteiger partial charge in [0.2, 0.25) is 0 Å². The van der Waals surface area contributed by atoms with Crippen LogP contribution in [0.15, 0.2) is 54.6 Å². The molecule has 1 fully saturated rings. The molecule has 25 heavy (non-hydrogen) atoms. The Kier molecular flexibility index (Phi) is 6.07. The second kappa shape index (κ2) is 8.67. The number of benzene rings is 2. The maximum Gasteiger partial charge on any atom is 0.275 e. The second-order valence-electron chi connectivity index (χ2n) is 6.67. The van der Waals surface area contributed by atoms with E-state index in [0.29, 0.717) is 6.54 Å². The van der Waals surface area contributed by atoms with Crippen LogP contribution < -0.4 is 15.0 Å². The number of hydrogen-bond donors (Lipinski definition) is 2. The minimum Gasteiger partial charge on any atom is -0.497 e. The van der Waals surface area contributed by atoms with Gasteiger partial charge in [-0.15, -0.1) is 0 Å². The summed E-state index contributed by atoms with van der Waals surface area (Å²) in [7, 11) is 1.66. The van der Waals surface area contributed by atoms with E-state index in [1.54, 1.807) is 7.11 Å². The first kappa shape index (κ1) is 17.5. The summed E-state index contributed by atoms with van der Waals surface area (Å²) in [5.74, 6) is 0.932. The lowest BCUT2D eigenvalue weighted by Crippen LogP contribution is -3.13. The Hall–Kier alpha value is -2.33. The molecule has 1 saturated heterocycles. The fraction of sp³-hybridized carbons (Fsp3) is 0.381. The van der Waals surface area contributed by atoms with Gasteiger partial charge in [-0.25, -0.2) is 0 Å². The van der Waals surface area contributed by atoms with Gasteiger partial charge in [0, 0.05) is 0 Å². The molecule has 0 spiro atoms. The van der Waals surface area contributed by atoms with Crippen molar-refractivity contribution in [3.05, 3.63) is 65.7 Å². The number of methoxy groups -OCH3 is 1. The van der Waals surface area contributed by atoms with E-state index in [0.717, 1.165) is 30.0 Å². The Morgan fingerprint density at radius 1 is 1.00 bits per heavy atom. The molecule has 1 atom stereocenters. The maximum atomic E-state index is 12.6. The standard InChI is InChI=1S/C21H26N2O2/c1-25-19-12-10-18(11-13-19)21(17-8-4-2-5-9-17)22-20(24)16-23-14-6-3-7-15-23/h2,4-5,8-13,21H,3,6-7,14-16H2,1H3,(H,22,24)/p+1/t21-/m0/s1. The van der Waals surface area contributed by atoms with Gasteiger partial charge < -0.3 is 15.0 Å². The molecule has 2 N–H and O–H groups in total. The van der Waals surface area contributed by atoms with Crippen LogP contribution >= 0.6 is 0 Å². The second-order valence-corrected chi connectivity index (χ2v) is 6.67. The molecule has 1 amide bonds. The van der Waals surface area contributed by atoms with Gasteiger partial charge in [0.1, 0.15) is 5.75 Å². The van der Waals surface area contributed by atoms with Gasteiger partial charge in [0.05, 0.1) is 26.2 Å². The number of piperidine rings is 1. The number of amides is 1. The summed E-state index contributed by atoms with van der Waals surface area (Å²) in [6.45, 7) is 2.76. The minimum absolute atomic E-state index is 0.113. The van der Waals surface area contributed by atoms with Crippen molar-refractivity contribution < 1.29 is 14.4 Å². The fourth-order valence-corrected chi connectivity index (χ4v) is 3.47. The van der Waals surface area contributed by atoms with Crippen molar-refractivity contribution >= 4 is 5.91 Å². The van der Waals surface area contributed by atoms with Gasteiger partial charge in [-0.3, -0.25) is 4.79 Å². The van der Waals surface area contributed by atoms with Gasteiger partial charge in [-0.2, -0.15) is 0 Å². The zero-order valence-electron chi connectivity index (χ0n) is 14.8. The third-order valence-electron chi connectivity index (χ3n) is 4.86. The van der Waals surface area contributed by atoms with Crippen molar-refractivity contribution in [2.75, 3.05) is 26.7 Å². The Labute approximate surface area is 149 Å². The lowest BCUT2D eigenvalue weighted by atomic mass is 9.98. The quantitative estimate of drug-likeness (QED) is 0.845. The molecule has 132 valence electrons. The van der Waals surface area contributed by atoms with E-state index in [9.17, 15) is 4.79 Å². The summed E-state index contributed by atoms with van der Waals surface area (Å²) in [6, 6.07) is 17.9. The molecule has 0 aliphatic carbocycles. The number of likely N-dealkylation sites (tertiary alicyclic amines) is 1. The van der Waals surface area contributed by atoms with E-state index in [-0.39, 0.29) is 11.9 Å². The molecule has 4 nitrogen and oxygen atoms in total. The average molecular weight is 339 g/mol. The molecular weight excluding hydrogens is 312 g/mol. The molecule has 4 heteroatoms. The van der Waals surface area contributed by atoms with Crippen LogP contribution in [-0.4, -0.2) is 32.7 Å². The SMILES string of the molecule is COc1ccc([C@@H](NC(=O)C[NH+]2CCCCC2)c2ccccc2)cc1. The van der Waals surface area contributed by atoms with Crippen LogP contribution in [0, 0.1) is 0 Å². The third-order valence-corrected chi connectivity index (χ3v) is 4.86. The number of nitrogens with one attached hydrogen (secondary N) is 2. The fourth-order valence-electron chi connectivity index (χ4n) is 3.47. The highest BCUT2D eigenvalue weighted by Gasteiger charge is 2.21. The van der Waals surface area contributed by atoms with Gasteiger partial charge >= 0.3 is 0 Å². The predicted molar refractivity (Wildman–Crippen MR) is 98.8 cm³/mol. The largest absolute Gasteiger partial charge is 0.497 e. The molecular formula is C21H27N2O2+. The minimum atomic E-state index is -0.135. The first-order valence-electron chi connectivity index (χ1n) is 9.08. The van der Waals surface area contributed by atoms with Crippen LogP contribution in [0.25, 0.3) is 0 Å². The van der Waals surface area contributed by atoms with Gasteiger partial charge in [0.25, 0.3) is 5.91 Å². The van der Waals surface area contributed by atoms with Crippen LogP contribution in [0.5, 0.6) is 5.75 Å². The van der Waals surface area contributed by atoms with Crippen molar-refractivity contribution in [2.45, 2.75) is 25.3 Å². The number of carbonyl (C=O) groups excluding carboxylic acids is 1. The Morgan fingerprint density at radius 3 is 2.28 bits per heavy atom. The van der Waals surface area contributed by atoms with E-state index in [1.165, 1.54) is 24.2 Å². The molecule has 0 aromatic heterocycles. The van der Waals surface area contributed by atoms with E-state index in [4.69, 9.17) is 4.74 Å². The molecule has 2 aromatic rings. The van der Waals surface area contributed by atoms with Crippen molar-refractivity contribution in [3.63, 3.8) is 0 Å². The van der Waals surface area contributed by atoms with Crippen molar-refractivity contribution in [2.24, 2.45) is 0 Å². The van der Waals surface area contributed by atoms with Crippen LogP contribution in [0.2, 0.25) is 0 Å². The normalized spacial score (nSPS) is 16.2. The predicted octanol–water partition coefficient (Wildman–Crippen LogP) is 1.97. The van der Waals surface area contributed by atoms with E-state index < -0.39 is 0 Å². The van der Waals surface area contributed by atoms with Crippen LogP contribution in [0.1, 0.15) is 36.4 Å². The highest BCUT2D eigenvalue weighted by molar-refractivity contribution is 5.78. The maximum absolute atomic E-state index is 12.6. The summed E-state index contributed by atoms with van der Waals surface area (Å²) in [5.41, 5.74) is 2.16. The molecule has 0 saturated carbocycles. The summed E-state index contributed by atoms with van der Waals surface area (Å²) < 4.78 is 5.25. The van der Waals surface area contributed by atoms with E-state index >= 15 is 0 Å². The number of ether oxygens (including phenoxy) is 1. The Balaban J connectivity index is 1.75. The van der Waals surface area contributed by atoms with Crippen molar-refractivity contribution in [3.8, 4) is 5.75 Å². The van der Waals surface area contributed by atoms with Crippen LogP contribution in [0.4, 0.5) is 0 Å². The number of quaternary nitrogens is 1. The number of rotatable bonds is 6. The van der Waals surface area contributed by atoms with Crippen molar-refractivity contribution in [1.29, 1.82) is 0 Å². The first-order chi connectivity index (χ1) is 12.3. The monoisotopic (exact) mass is 339 g/mol. The van der Waals surface area contributed by atoms with Gasteiger partial charge in [-0.05, 0) is 42.5 Å². The Morgan fingerprint density at radius 2 is 1.64 bits per heavy atom. The highest BCUT2D eigenvalue weighted by atomic mass is 16.5. The molecule has 0 radical (unpaired) electrons. The molecule has 1 aliphatic rings. The summed E-state index contributed by atoms with van der Waals surface area (Å²) in [5, 5.41) is 3.23. The zero-order chi connectivity index (χ0) is 17.5. The molecule has 1 aliphatic heterocycles. The molecule has 0 unspecified atom stereocenters. The molecule has 1 heterocycles. The van der Waals surface area contributed by atoms with E-state index in [1.807, 2.05) is 42.5 Å². The Bertz CT molecular complexity index is 664. The van der Waals surface area contributed by atoms with Crippen molar-refractivity contribution in [1.82, 2.24) is 5.32 Å². The van der Waals surface area contributed by atoms with Gasteiger partial charge in [-0.1, -0.05) is 42.5 Å². The lowest BCUT2D eigenvalue weighted by molar-refractivity contribution is -0.896. The first-order valence-corrected chi connectivity index (χ1v) is 9.08. The number of carbonyl (C=O) groups is 1. The van der Waals surface area contributed by atoms with Crippen LogP contribution in [-0.2, 0) is 4.79 Å². The highest BCUT2D eigenvalue weighted by Crippen LogP contribution is 2.24. The third kappa shape index (κ3) is 4.83. The van der Waals surface area contributed by atoms with E-state index in [2.05, 4.69) is 17.4 Å².